The van der Waals surface area contributed by atoms with Gasteiger partial charge in [-0.1, -0.05) is 0 Å². The zero-order chi connectivity index (χ0) is 26.4. The first kappa shape index (κ1) is 30.2. The number of carboxylic acids is 2. The first-order valence-corrected chi connectivity index (χ1v) is 10.1. The number of nitrogens with one attached hydrogen (secondary N) is 3. The summed E-state index contributed by atoms with van der Waals surface area (Å²) in [6, 6.07) is -5.95. The van der Waals surface area contributed by atoms with Crippen LogP contribution in [0, 0.1) is 0 Å². The Morgan fingerprint density at radius 1 is 0.647 bits per heavy atom. The van der Waals surface area contributed by atoms with Crippen molar-refractivity contribution in [2.75, 3.05) is 6.61 Å². The van der Waals surface area contributed by atoms with Crippen LogP contribution in [0.2, 0.25) is 0 Å². The van der Waals surface area contributed by atoms with Crippen LogP contribution in [0.5, 0.6) is 0 Å². The van der Waals surface area contributed by atoms with Gasteiger partial charge >= 0.3 is 11.9 Å². The number of aliphatic carboxylic acids is 2. The van der Waals surface area contributed by atoms with Gasteiger partial charge in [0.25, 0.3) is 0 Å². The van der Waals surface area contributed by atoms with Crippen LogP contribution in [0.15, 0.2) is 0 Å². The molecule has 0 aromatic rings. The van der Waals surface area contributed by atoms with Gasteiger partial charge in [-0.2, -0.15) is 0 Å². The van der Waals surface area contributed by atoms with E-state index in [1.165, 1.54) is 0 Å². The summed E-state index contributed by atoms with van der Waals surface area (Å²) in [5.41, 5.74) is 15.5. The molecule has 0 heterocycles. The number of primary amides is 2. The number of aliphatic hydroxyl groups excluding tert-OH is 1. The predicted octanol–water partition coefficient (Wildman–Crippen LogP) is -4.76. The highest BCUT2D eigenvalue weighted by Crippen LogP contribution is 2.03. The van der Waals surface area contributed by atoms with E-state index in [2.05, 4.69) is 10.6 Å². The zero-order valence-corrected chi connectivity index (χ0v) is 18.2. The zero-order valence-electron chi connectivity index (χ0n) is 18.2. The molecule has 0 spiro atoms. The highest BCUT2D eigenvalue weighted by Gasteiger charge is 2.30. The summed E-state index contributed by atoms with van der Waals surface area (Å²) in [5, 5.41) is 33.8. The normalized spacial score (nSPS) is 14.1. The molecule has 0 saturated carbocycles. The predicted molar refractivity (Wildman–Crippen MR) is 112 cm³/mol. The van der Waals surface area contributed by atoms with Crippen LogP contribution < -0.4 is 33.2 Å². The second kappa shape index (κ2) is 15.1. The fourth-order valence-electron chi connectivity index (χ4n) is 2.53. The van der Waals surface area contributed by atoms with Crippen LogP contribution in [0.1, 0.15) is 38.5 Å². The molecule has 0 rings (SSSR count). The monoisotopic (exact) mass is 490 g/mol. The molecule has 4 unspecified atom stereocenters. The molecule has 12 N–H and O–H groups in total. The number of carbonyl (C=O) groups is 7. The fourth-order valence-corrected chi connectivity index (χ4v) is 2.53. The minimum Gasteiger partial charge on any atom is -0.481 e. The van der Waals surface area contributed by atoms with Crippen molar-refractivity contribution in [1.82, 2.24) is 16.0 Å². The third-order valence-corrected chi connectivity index (χ3v) is 4.43. The number of amides is 5. The summed E-state index contributed by atoms with van der Waals surface area (Å²) in [5.74, 6) is -7.37. The number of hydrogen-bond donors (Lipinski definition) is 9. The maximum Gasteiger partial charge on any atom is 0.326 e. The van der Waals surface area contributed by atoms with Gasteiger partial charge < -0.3 is 48.5 Å². The molecule has 0 radical (unpaired) electrons. The quantitative estimate of drug-likeness (QED) is 0.0932. The van der Waals surface area contributed by atoms with Crippen molar-refractivity contribution in [1.29, 1.82) is 0 Å². The van der Waals surface area contributed by atoms with Gasteiger partial charge in [0.1, 0.15) is 18.1 Å². The van der Waals surface area contributed by atoms with Crippen LogP contribution in [0.25, 0.3) is 0 Å². The van der Waals surface area contributed by atoms with Gasteiger partial charge in [-0.15, -0.1) is 0 Å². The van der Waals surface area contributed by atoms with E-state index in [1.54, 1.807) is 0 Å². The standard InChI is InChI=1S/C18H30N6O10/c19-8(1-4-12(20)26)15(30)22-9(3-6-14(28)29)16(31)24-11(7-25)17(32)23-10(18(33)34)2-5-13(21)27/h8-11,25H,1-7,19H2,(H2,20,26)(H2,21,27)(H,22,30)(H,23,32)(H,24,31)(H,28,29)(H,33,34). The first-order valence-electron chi connectivity index (χ1n) is 10.1. The molecule has 0 aromatic heterocycles. The molecule has 0 aliphatic rings. The van der Waals surface area contributed by atoms with Gasteiger partial charge in [0, 0.05) is 19.3 Å². The number of nitrogens with two attached hydrogens (primary N) is 3. The number of carboxylic acid groups (broad SMARTS) is 2. The topological polar surface area (TPSA) is 294 Å². The van der Waals surface area contributed by atoms with Crippen LogP contribution in [-0.2, 0) is 33.6 Å². The smallest absolute Gasteiger partial charge is 0.326 e. The lowest BCUT2D eigenvalue weighted by atomic mass is 10.1. The number of aliphatic hydroxyl groups is 1. The second-order valence-electron chi connectivity index (χ2n) is 7.25. The van der Waals surface area contributed by atoms with E-state index < -0.39 is 85.1 Å². The molecule has 192 valence electrons. The van der Waals surface area contributed by atoms with E-state index in [0.717, 1.165) is 0 Å². The van der Waals surface area contributed by atoms with Crippen LogP contribution in [0.4, 0.5) is 0 Å². The Hall–Kier alpha value is -3.79. The lowest BCUT2D eigenvalue weighted by Crippen LogP contribution is -2.58. The largest absolute Gasteiger partial charge is 0.481 e. The molecular weight excluding hydrogens is 460 g/mol. The van der Waals surface area contributed by atoms with Crippen LogP contribution in [-0.4, -0.2) is 87.6 Å². The second-order valence-corrected chi connectivity index (χ2v) is 7.25. The summed E-state index contributed by atoms with van der Waals surface area (Å²) in [6.07, 6.45) is -2.02. The third kappa shape index (κ3) is 12.3. The van der Waals surface area contributed by atoms with E-state index >= 15 is 0 Å². The Morgan fingerprint density at radius 2 is 1.09 bits per heavy atom. The molecule has 4 atom stereocenters. The molecule has 34 heavy (non-hydrogen) atoms. The van der Waals surface area contributed by atoms with Crippen LogP contribution >= 0.6 is 0 Å². The summed E-state index contributed by atoms with van der Waals surface area (Å²) in [6.45, 7) is -0.975. The number of carbonyl (C=O) groups excluding carboxylic acids is 5. The Morgan fingerprint density at radius 3 is 1.56 bits per heavy atom. The summed E-state index contributed by atoms with van der Waals surface area (Å²) in [7, 11) is 0. The Labute approximate surface area is 193 Å². The summed E-state index contributed by atoms with van der Waals surface area (Å²) >= 11 is 0. The van der Waals surface area contributed by atoms with Gasteiger partial charge in [0.15, 0.2) is 0 Å². The average molecular weight is 490 g/mol. The van der Waals surface area contributed by atoms with Gasteiger partial charge in [0.05, 0.1) is 12.6 Å². The third-order valence-electron chi connectivity index (χ3n) is 4.43. The van der Waals surface area contributed by atoms with Gasteiger partial charge in [-0.05, 0) is 19.3 Å². The van der Waals surface area contributed by atoms with Gasteiger partial charge in [-0.25, -0.2) is 4.79 Å². The highest BCUT2D eigenvalue weighted by atomic mass is 16.4. The molecule has 0 aromatic carbocycles. The van der Waals surface area contributed by atoms with E-state index in [0.29, 0.717) is 0 Å². The van der Waals surface area contributed by atoms with Crippen molar-refractivity contribution >= 4 is 41.5 Å². The molecule has 0 aliphatic carbocycles. The molecule has 0 saturated heterocycles. The maximum atomic E-state index is 12.6. The molecule has 0 bridgehead atoms. The Balaban J connectivity index is 5.29. The summed E-state index contributed by atoms with van der Waals surface area (Å²) < 4.78 is 0. The van der Waals surface area contributed by atoms with Crippen molar-refractivity contribution in [2.24, 2.45) is 17.2 Å². The fraction of sp³-hybridized carbons (Fsp3) is 0.611. The average Bonchev–Trinajstić information content (AvgIpc) is 2.74. The SMILES string of the molecule is NC(=O)CCC(N)C(=O)NC(CCC(=O)O)C(=O)NC(CO)C(=O)NC(CCC(N)=O)C(=O)O. The lowest BCUT2D eigenvalue weighted by Gasteiger charge is -2.24. The minimum absolute atomic E-state index is 0.141. The van der Waals surface area contributed by atoms with E-state index in [9.17, 15) is 38.7 Å². The summed E-state index contributed by atoms with van der Waals surface area (Å²) in [4.78, 5) is 81.0. The number of rotatable bonds is 17. The number of hydrogen-bond acceptors (Lipinski definition) is 9. The Bertz CT molecular complexity index is 789. The maximum absolute atomic E-state index is 12.6. The molecule has 5 amide bonds. The molecule has 16 nitrogen and oxygen atoms in total. The molecular formula is C18H30N6O10. The molecule has 0 fully saturated rings. The van der Waals surface area contributed by atoms with Crippen molar-refractivity contribution < 1.29 is 48.9 Å². The van der Waals surface area contributed by atoms with E-state index in [1.807, 2.05) is 5.32 Å². The van der Waals surface area contributed by atoms with Gasteiger partial charge in [0.2, 0.25) is 29.5 Å². The molecule has 0 aliphatic heterocycles. The Kier molecular flexibility index (Phi) is 13.4. The van der Waals surface area contributed by atoms with Crippen molar-refractivity contribution in [3.05, 3.63) is 0 Å². The van der Waals surface area contributed by atoms with Crippen LogP contribution in [0.3, 0.4) is 0 Å². The highest BCUT2D eigenvalue weighted by molar-refractivity contribution is 5.94. The molecule has 16 heteroatoms. The van der Waals surface area contributed by atoms with Gasteiger partial charge in [-0.3, -0.25) is 28.8 Å². The first-order chi connectivity index (χ1) is 15.8. The van der Waals surface area contributed by atoms with Crippen molar-refractivity contribution in [3.8, 4) is 0 Å². The lowest BCUT2D eigenvalue weighted by molar-refractivity contribution is -0.143. The van der Waals surface area contributed by atoms with Crippen molar-refractivity contribution in [3.63, 3.8) is 0 Å². The van der Waals surface area contributed by atoms with E-state index in [-0.39, 0.29) is 25.7 Å². The minimum atomic E-state index is -1.67. The van der Waals surface area contributed by atoms with Crippen molar-refractivity contribution in [2.45, 2.75) is 62.7 Å². The van der Waals surface area contributed by atoms with E-state index in [4.69, 9.17) is 27.4 Å².